The minimum Gasteiger partial charge on any atom is -0.307 e. The monoisotopic (exact) mass is 490 g/mol. The maximum absolute atomic E-state index is 4.62. The van der Waals surface area contributed by atoms with Crippen molar-refractivity contribution in [2.24, 2.45) is 0 Å². The molecule has 0 aliphatic heterocycles. The maximum atomic E-state index is 4.62. The van der Waals surface area contributed by atoms with Gasteiger partial charge in [-0.25, -0.2) is 0 Å². The molecule has 0 bridgehead atoms. The fourth-order valence-electron chi connectivity index (χ4n) is 5.67. The Labute approximate surface area is 220 Å². The van der Waals surface area contributed by atoms with E-state index in [1.165, 1.54) is 32.7 Å². The molecule has 0 fully saturated rings. The molecule has 0 aliphatic rings. The smallest absolute Gasteiger partial charge is 0.162 e. The van der Waals surface area contributed by atoms with Crippen LogP contribution in [0.3, 0.4) is 0 Å². The Morgan fingerprint density at radius 3 is 1.58 bits per heavy atom. The van der Waals surface area contributed by atoms with Crippen molar-refractivity contribution in [2.75, 3.05) is 0 Å². The normalized spacial score (nSPS) is 11.6. The van der Waals surface area contributed by atoms with Crippen LogP contribution in [0.25, 0.3) is 67.3 Å². The molecule has 4 aromatic carbocycles. The highest BCUT2D eigenvalue weighted by Gasteiger charge is 2.17. The van der Waals surface area contributed by atoms with Gasteiger partial charge in [0, 0.05) is 27.6 Å². The zero-order valence-electron chi connectivity index (χ0n) is 21.4. The van der Waals surface area contributed by atoms with Crippen molar-refractivity contribution in [1.82, 2.24) is 19.3 Å². The van der Waals surface area contributed by atoms with Crippen molar-refractivity contribution in [3.63, 3.8) is 0 Å². The molecule has 0 unspecified atom stereocenters. The van der Waals surface area contributed by atoms with E-state index >= 15 is 0 Å². The first-order chi connectivity index (χ1) is 18.6. The third kappa shape index (κ3) is 3.24. The number of aromatic nitrogens is 4. The van der Waals surface area contributed by atoms with E-state index in [0.717, 1.165) is 44.7 Å². The summed E-state index contributed by atoms with van der Waals surface area (Å²) in [5.74, 6) is 0.788. The molecular weight excluding hydrogens is 464 g/mol. The number of nitrogens with zero attached hydrogens (tertiary/aromatic N) is 4. The van der Waals surface area contributed by atoms with E-state index in [4.69, 9.17) is 0 Å². The molecule has 182 valence electrons. The van der Waals surface area contributed by atoms with Gasteiger partial charge in [0.1, 0.15) is 0 Å². The maximum Gasteiger partial charge on any atom is 0.162 e. The van der Waals surface area contributed by atoms with E-state index in [1.54, 1.807) is 0 Å². The molecule has 0 amide bonds. The Kier molecular flexibility index (Phi) is 4.85. The fraction of sp³-hybridized carbons (Fsp3) is 0.0588. The molecule has 0 aliphatic carbocycles. The molecule has 3 aromatic heterocycles. The molecule has 38 heavy (non-hydrogen) atoms. The van der Waals surface area contributed by atoms with Crippen molar-refractivity contribution in [2.45, 2.75) is 13.8 Å². The van der Waals surface area contributed by atoms with E-state index in [0.29, 0.717) is 0 Å². The van der Waals surface area contributed by atoms with Gasteiger partial charge in [-0.3, -0.25) is 4.57 Å². The second-order valence-corrected chi connectivity index (χ2v) is 9.95. The Morgan fingerprint density at radius 2 is 1.05 bits per heavy atom. The van der Waals surface area contributed by atoms with Crippen molar-refractivity contribution in [3.8, 4) is 11.5 Å². The van der Waals surface area contributed by atoms with Gasteiger partial charge < -0.3 is 4.57 Å². The fourth-order valence-corrected chi connectivity index (χ4v) is 5.67. The van der Waals surface area contributed by atoms with Gasteiger partial charge in [-0.05, 0) is 73.5 Å². The second kappa shape index (κ2) is 8.29. The van der Waals surface area contributed by atoms with Crippen LogP contribution in [0.1, 0.15) is 22.3 Å². The van der Waals surface area contributed by atoms with Crippen LogP contribution < -0.4 is 0 Å². The topological polar surface area (TPSA) is 35.6 Å². The van der Waals surface area contributed by atoms with Crippen molar-refractivity contribution >= 4 is 55.8 Å². The van der Waals surface area contributed by atoms with Gasteiger partial charge in [-0.15, -0.1) is 5.10 Å². The van der Waals surface area contributed by atoms with Gasteiger partial charge in [-0.2, -0.15) is 5.10 Å². The van der Waals surface area contributed by atoms with E-state index in [1.807, 2.05) is 18.3 Å². The average Bonchev–Trinajstić information content (AvgIpc) is 3.44. The summed E-state index contributed by atoms with van der Waals surface area (Å²) < 4.78 is 4.49. The zero-order chi connectivity index (χ0) is 26.0. The van der Waals surface area contributed by atoms with Crippen LogP contribution in [0.4, 0.5) is 0 Å². The van der Waals surface area contributed by atoms with Crippen LogP contribution >= 0.6 is 0 Å². The SMILES string of the molecule is C=Cc1ccc2c(c1)c1cc(C=C)ccc1n2-c1cnnc(-n2c3ccc(C)cc3c3cc(C)ccc32)c1. The molecular formula is C34H26N4. The molecule has 0 N–H and O–H groups in total. The van der Waals surface area contributed by atoms with Gasteiger partial charge in [0.05, 0.1) is 34.0 Å². The van der Waals surface area contributed by atoms with Crippen LogP contribution in [0.15, 0.2) is 98.2 Å². The summed E-state index contributed by atoms with van der Waals surface area (Å²) in [5.41, 5.74) is 10.1. The molecule has 0 atom stereocenters. The summed E-state index contributed by atoms with van der Waals surface area (Å²) in [5, 5.41) is 13.9. The van der Waals surface area contributed by atoms with E-state index in [9.17, 15) is 0 Å². The molecule has 4 heteroatoms. The first-order valence-electron chi connectivity index (χ1n) is 12.7. The highest BCUT2D eigenvalue weighted by molar-refractivity contribution is 6.11. The Morgan fingerprint density at radius 1 is 0.579 bits per heavy atom. The van der Waals surface area contributed by atoms with E-state index < -0.39 is 0 Å². The predicted molar refractivity (Wildman–Crippen MR) is 160 cm³/mol. The highest BCUT2D eigenvalue weighted by atomic mass is 15.2. The second-order valence-electron chi connectivity index (χ2n) is 9.95. The quantitative estimate of drug-likeness (QED) is 0.248. The lowest BCUT2D eigenvalue weighted by molar-refractivity contribution is 0.936. The molecule has 0 spiro atoms. The minimum atomic E-state index is 0.788. The summed E-state index contributed by atoms with van der Waals surface area (Å²) in [6.45, 7) is 12.2. The van der Waals surface area contributed by atoms with E-state index in [2.05, 4.69) is 125 Å². The highest BCUT2D eigenvalue weighted by Crippen LogP contribution is 2.36. The van der Waals surface area contributed by atoms with Crippen LogP contribution in [0, 0.1) is 13.8 Å². The van der Waals surface area contributed by atoms with Gasteiger partial charge in [0.2, 0.25) is 0 Å². The largest absolute Gasteiger partial charge is 0.307 e. The Hall–Kier alpha value is -4.96. The zero-order valence-corrected chi connectivity index (χ0v) is 21.4. The number of rotatable bonds is 4. The first-order valence-corrected chi connectivity index (χ1v) is 12.7. The number of hydrogen-bond donors (Lipinski definition) is 0. The van der Waals surface area contributed by atoms with Gasteiger partial charge >= 0.3 is 0 Å². The molecule has 0 radical (unpaired) electrons. The number of aryl methyl sites for hydroxylation is 2. The summed E-state index contributed by atoms with van der Waals surface area (Å²) in [6, 6.07) is 28.2. The van der Waals surface area contributed by atoms with Crippen LogP contribution in [0.2, 0.25) is 0 Å². The average molecular weight is 491 g/mol. The number of hydrogen-bond acceptors (Lipinski definition) is 2. The van der Waals surface area contributed by atoms with Crippen LogP contribution in [-0.2, 0) is 0 Å². The summed E-state index contributed by atoms with van der Waals surface area (Å²) in [4.78, 5) is 0. The minimum absolute atomic E-state index is 0.788. The van der Waals surface area contributed by atoms with Crippen LogP contribution in [-0.4, -0.2) is 19.3 Å². The Bertz CT molecular complexity index is 1960. The third-order valence-electron chi connectivity index (χ3n) is 7.48. The molecule has 0 saturated carbocycles. The standard InChI is InChI=1S/C34H26N4/c1-5-23-9-13-30-28(17-23)29-18-24(6-2)10-14-31(29)37(30)25-19-34(36-35-20-25)38-32-11-7-21(3)15-26(32)27-16-22(4)8-12-33(27)38/h5-20H,1-2H2,3-4H3. The van der Waals surface area contributed by atoms with Crippen molar-refractivity contribution < 1.29 is 0 Å². The first kappa shape index (κ1) is 22.3. The lowest BCUT2D eigenvalue weighted by Gasteiger charge is -2.11. The van der Waals surface area contributed by atoms with E-state index in [-0.39, 0.29) is 0 Å². The lowest BCUT2D eigenvalue weighted by Crippen LogP contribution is -2.03. The summed E-state index contributed by atoms with van der Waals surface area (Å²) >= 11 is 0. The van der Waals surface area contributed by atoms with Crippen molar-refractivity contribution in [3.05, 3.63) is 120 Å². The van der Waals surface area contributed by atoms with Gasteiger partial charge in [0.15, 0.2) is 5.82 Å². The Balaban J connectivity index is 1.53. The van der Waals surface area contributed by atoms with Crippen molar-refractivity contribution in [1.29, 1.82) is 0 Å². The molecule has 0 saturated heterocycles. The molecule has 7 rings (SSSR count). The lowest BCUT2D eigenvalue weighted by atomic mass is 10.1. The number of fused-ring (bicyclic) bond motifs is 6. The molecule has 4 nitrogen and oxygen atoms in total. The predicted octanol–water partition coefficient (Wildman–Crippen LogP) is 8.57. The number of benzene rings is 4. The van der Waals surface area contributed by atoms with Gasteiger partial charge in [-0.1, -0.05) is 60.7 Å². The van der Waals surface area contributed by atoms with Gasteiger partial charge in [0.25, 0.3) is 0 Å². The summed E-state index contributed by atoms with van der Waals surface area (Å²) in [6.07, 6.45) is 5.61. The summed E-state index contributed by atoms with van der Waals surface area (Å²) in [7, 11) is 0. The van der Waals surface area contributed by atoms with Crippen LogP contribution in [0.5, 0.6) is 0 Å². The third-order valence-corrected chi connectivity index (χ3v) is 7.48. The molecule has 7 aromatic rings. The molecule has 3 heterocycles.